The highest BCUT2D eigenvalue weighted by atomic mass is 35.5. The molecular formula is C16H24ClN3O. The molecule has 2 unspecified atom stereocenters. The Morgan fingerprint density at radius 3 is 2.67 bits per heavy atom. The molecule has 0 spiro atoms. The molecule has 0 radical (unpaired) electrons. The zero-order valence-electron chi connectivity index (χ0n) is 12.5. The third-order valence-electron chi connectivity index (χ3n) is 4.72. The van der Waals surface area contributed by atoms with Crippen molar-refractivity contribution < 1.29 is 4.79 Å². The summed E-state index contributed by atoms with van der Waals surface area (Å²) in [5.74, 6) is 0.217. The third-order valence-corrected chi connectivity index (χ3v) is 4.72. The summed E-state index contributed by atoms with van der Waals surface area (Å²) in [4.78, 5) is 16.9. The number of hydrogen-bond donors (Lipinski definition) is 1. The van der Waals surface area contributed by atoms with Crippen molar-refractivity contribution in [3.63, 3.8) is 0 Å². The summed E-state index contributed by atoms with van der Waals surface area (Å²) in [7, 11) is 2.21. The molecule has 2 aliphatic heterocycles. The van der Waals surface area contributed by atoms with Gasteiger partial charge in [0.2, 0.25) is 5.91 Å². The van der Waals surface area contributed by atoms with E-state index in [0.29, 0.717) is 18.6 Å². The van der Waals surface area contributed by atoms with E-state index in [1.54, 1.807) is 0 Å². The van der Waals surface area contributed by atoms with Crippen LogP contribution in [0, 0.1) is 0 Å². The standard InChI is InChI=1S/C16H23N3O.ClH/c1-18-14-7-8-15(18)12-19(10-9-14)16(20)11-17-13-5-3-2-4-6-13;/h2-6,14-15,17H,7-12H2,1H3;1H. The van der Waals surface area contributed by atoms with Gasteiger partial charge in [0.15, 0.2) is 0 Å². The molecule has 21 heavy (non-hydrogen) atoms. The molecule has 4 nitrogen and oxygen atoms in total. The van der Waals surface area contributed by atoms with Gasteiger partial charge < -0.3 is 10.2 Å². The van der Waals surface area contributed by atoms with Crippen molar-refractivity contribution in [3.8, 4) is 0 Å². The fraction of sp³-hybridized carbons (Fsp3) is 0.562. The molecule has 5 heteroatoms. The minimum absolute atomic E-state index is 0. The van der Waals surface area contributed by atoms with Gasteiger partial charge >= 0.3 is 0 Å². The van der Waals surface area contributed by atoms with Crippen molar-refractivity contribution >= 4 is 24.0 Å². The number of para-hydroxylation sites is 1. The number of benzene rings is 1. The second-order valence-corrected chi connectivity index (χ2v) is 5.90. The van der Waals surface area contributed by atoms with E-state index in [2.05, 4.69) is 17.3 Å². The van der Waals surface area contributed by atoms with Gasteiger partial charge in [0.05, 0.1) is 6.54 Å². The number of likely N-dealkylation sites (tertiary alicyclic amines) is 1. The fourth-order valence-corrected chi connectivity index (χ4v) is 3.38. The van der Waals surface area contributed by atoms with Gasteiger partial charge in [-0.1, -0.05) is 18.2 Å². The van der Waals surface area contributed by atoms with Crippen molar-refractivity contribution in [2.75, 3.05) is 32.0 Å². The van der Waals surface area contributed by atoms with Gasteiger partial charge in [-0.15, -0.1) is 12.4 Å². The third kappa shape index (κ3) is 3.69. The minimum atomic E-state index is 0. The molecule has 2 atom stereocenters. The average Bonchev–Trinajstić information content (AvgIpc) is 2.71. The van der Waals surface area contributed by atoms with E-state index in [0.717, 1.165) is 25.2 Å². The van der Waals surface area contributed by atoms with E-state index in [1.807, 2.05) is 35.2 Å². The molecule has 2 fully saturated rings. The molecule has 1 amide bonds. The molecule has 2 bridgehead atoms. The summed E-state index contributed by atoms with van der Waals surface area (Å²) in [6, 6.07) is 11.2. The number of likely N-dealkylation sites (N-methyl/N-ethyl adjacent to an activating group) is 1. The number of anilines is 1. The summed E-state index contributed by atoms with van der Waals surface area (Å²) in [6.07, 6.45) is 3.65. The topological polar surface area (TPSA) is 35.6 Å². The molecular weight excluding hydrogens is 286 g/mol. The van der Waals surface area contributed by atoms with Gasteiger partial charge in [-0.25, -0.2) is 0 Å². The minimum Gasteiger partial charge on any atom is -0.376 e. The van der Waals surface area contributed by atoms with Gasteiger partial charge in [0.25, 0.3) is 0 Å². The first-order chi connectivity index (χ1) is 9.74. The van der Waals surface area contributed by atoms with Crippen molar-refractivity contribution in [1.82, 2.24) is 9.80 Å². The van der Waals surface area contributed by atoms with Crippen molar-refractivity contribution in [2.45, 2.75) is 31.3 Å². The van der Waals surface area contributed by atoms with E-state index in [4.69, 9.17) is 0 Å². The number of nitrogens with zero attached hydrogens (tertiary/aromatic N) is 2. The van der Waals surface area contributed by atoms with Crippen LogP contribution in [-0.4, -0.2) is 54.5 Å². The molecule has 0 aromatic heterocycles. The number of fused-ring (bicyclic) bond motifs is 2. The van der Waals surface area contributed by atoms with Crippen molar-refractivity contribution in [1.29, 1.82) is 0 Å². The van der Waals surface area contributed by atoms with Crippen LogP contribution in [0.3, 0.4) is 0 Å². The summed E-state index contributed by atoms with van der Waals surface area (Å²) < 4.78 is 0. The molecule has 2 heterocycles. The van der Waals surface area contributed by atoms with Crippen LogP contribution < -0.4 is 5.32 Å². The quantitative estimate of drug-likeness (QED) is 0.930. The number of rotatable bonds is 3. The smallest absolute Gasteiger partial charge is 0.241 e. The second kappa shape index (κ2) is 7.14. The number of carbonyl (C=O) groups is 1. The molecule has 1 N–H and O–H groups in total. The SMILES string of the molecule is CN1C2CCC1CN(C(=O)CNc1ccccc1)CC2.Cl. The van der Waals surface area contributed by atoms with Crippen LogP contribution in [0.25, 0.3) is 0 Å². The van der Waals surface area contributed by atoms with Crippen LogP contribution in [0.2, 0.25) is 0 Å². The Hall–Kier alpha value is -1.26. The summed E-state index contributed by atoms with van der Waals surface area (Å²) in [6.45, 7) is 2.19. The molecule has 116 valence electrons. The van der Waals surface area contributed by atoms with E-state index >= 15 is 0 Å². The summed E-state index contributed by atoms with van der Waals surface area (Å²) in [5, 5.41) is 3.21. The van der Waals surface area contributed by atoms with E-state index in [9.17, 15) is 4.79 Å². The maximum atomic E-state index is 12.4. The van der Waals surface area contributed by atoms with Gasteiger partial charge in [-0.3, -0.25) is 9.69 Å². The van der Waals surface area contributed by atoms with Gasteiger partial charge in [0.1, 0.15) is 0 Å². The predicted octanol–water partition coefficient (Wildman–Crippen LogP) is 2.22. The molecule has 0 saturated carbocycles. The lowest BCUT2D eigenvalue weighted by Gasteiger charge is -2.26. The number of amides is 1. The Labute approximate surface area is 132 Å². The molecule has 0 aliphatic carbocycles. The van der Waals surface area contributed by atoms with Gasteiger partial charge in [0, 0.05) is 30.9 Å². The molecule has 2 saturated heterocycles. The Morgan fingerprint density at radius 1 is 1.19 bits per heavy atom. The van der Waals surface area contributed by atoms with Crippen LogP contribution in [0.4, 0.5) is 5.69 Å². The predicted molar refractivity (Wildman–Crippen MR) is 87.9 cm³/mol. The number of nitrogens with one attached hydrogen (secondary N) is 1. The lowest BCUT2D eigenvalue weighted by Crippen LogP contribution is -2.42. The lowest BCUT2D eigenvalue weighted by atomic mass is 10.1. The molecule has 1 aromatic carbocycles. The van der Waals surface area contributed by atoms with Crippen LogP contribution in [0.1, 0.15) is 19.3 Å². The van der Waals surface area contributed by atoms with Crippen molar-refractivity contribution in [3.05, 3.63) is 30.3 Å². The average molecular weight is 310 g/mol. The molecule has 3 rings (SSSR count). The van der Waals surface area contributed by atoms with Crippen molar-refractivity contribution in [2.24, 2.45) is 0 Å². The summed E-state index contributed by atoms with van der Waals surface area (Å²) >= 11 is 0. The first kappa shape index (κ1) is 16.1. The number of carbonyl (C=O) groups excluding carboxylic acids is 1. The van der Waals surface area contributed by atoms with Gasteiger partial charge in [-0.2, -0.15) is 0 Å². The first-order valence-electron chi connectivity index (χ1n) is 7.52. The van der Waals surface area contributed by atoms with E-state index < -0.39 is 0 Å². The Morgan fingerprint density at radius 2 is 1.90 bits per heavy atom. The van der Waals surface area contributed by atoms with E-state index in [-0.39, 0.29) is 18.3 Å². The van der Waals surface area contributed by atoms with Gasteiger partial charge in [-0.05, 0) is 38.4 Å². The first-order valence-corrected chi connectivity index (χ1v) is 7.52. The Kier molecular flexibility index (Phi) is 5.48. The molecule has 2 aliphatic rings. The van der Waals surface area contributed by atoms with E-state index in [1.165, 1.54) is 12.8 Å². The van der Waals surface area contributed by atoms with Crippen LogP contribution in [0.15, 0.2) is 30.3 Å². The van der Waals surface area contributed by atoms with Crippen LogP contribution in [0.5, 0.6) is 0 Å². The Bertz CT molecular complexity index is 468. The summed E-state index contributed by atoms with van der Waals surface area (Å²) in [5.41, 5.74) is 1.01. The number of halogens is 1. The lowest BCUT2D eigenvalue weighted by molar-refractivity contribution is -0.129. The zero-order valence-corrected chi connectivity index (χ0v) is 13.3. The highest BCUT2D eigenvalue weighted by Crippen LogP contribution is 2.28. The normalized spacial score (nSPS) is 25.1. The molecule has 1 aromatic rings. The van der Waals surface area contributed by atoms with Crippen LogP contribution in [-0.2, 0) is 4.79 Å². The number of hydrogen-bond acceptors (Lipinski definition) is 3. The Balaban J connectivity index is 0.00000161. The fourth-order valence-electron chi connectivity index (χ4n) is 3.38. The monoisotopic (exact) mass is 309 g/mol. The maximum absolute atomic E-state index is 12.4. The highest BCUT2D eigenvalue weighted by molar-refractivity contribution is 5.85. The highest BCUT2D eigenvalue weighted by Gasteiger charge is 2.35. The zero-order chi connectivity index (χ0) is 13.9. The second-order valence-electron chi connectivity index (χ2n) is 5.90. The van der Waals surface area contributed by atoms with Crippen LogP contribution >= 0.6 is 12.4 Å². The maximum Gasteiger partial charge on any atom is 0.241 e. The largest absolute Gasteiger partial charge is 0.376 e.